The third kappa shape index (κ3) is 3.45. The summed E-state index contributed by atoms with van der Waals surface area (Å²) in [4.78, 5) is 14.3. The Morgan fingerprint density at radius 1 is 1.21 bits per heavy atom. The van der Waals surface area contributed by atoms with Gasteiger partial charge >= 0.3 is 0 Å². The highest BCUT2D eigenvalue weighted by Gasteiger charge is 2.45. The summed E-state index contributed by atoms with van der Waals surface area (Å²) in [6.07, 6.45) is 6.35. The number of hydrogen-bond acceptors (Lipinski definition) is 7. The fraction of sp³-hybridized carbons (Fsp3) is 0.385. The van der Waals surface area contributed by atoms with E-state index in [9.17, 15) is 0 Å². The van der Waals surface area contributed by atoms with Gasteiger partial charge in [0, 0.05) is 73.2 Å². The molecular formula is C26H33N7O. The molecule has 0 saturated carbocycles. The number of para-hydroxylation sites is 1. The SMILES string of the molecule is COC1=C(N)CC(N)(c2ncc(C)c(-c3cn(C)c4ccccc34)n2)C(N2CC(N(C)C)C2)=C1. The highest BCUT2D eigenvalue weighted by Crippen LogP contribution is 2.41. The average Bonchev–Trinajstić information content (AvgIpc) is 3.11. The van der Waals surface area contributed by atoms with Crippen LogP contribution >= 0.6 is 0 Å². The van der Waals surface area contributed by atoms with Crippen LogP contribution in [0.25, 0.3) is 22.2 Å². The van der Waals surface area contributed by atoms with Crippen molar-refractivity contribution in [2.75, 3.05) is 34.3 Å². The van der Waals surface area contributed by atoms with E-state index in [1.165, 1.54) is 0 Å². The van der Waals surface area contributed by atoms with Crippen LogP contribution in [0.15, 0.2) is 59.9 Å². The number of allylic oxidation sites excluding steroid dienone is 1. The van der Waals surface area contributed by atoms with E-state index in [1.54, 1.807) is 7.11 Å². The molecule has 1 aliphatic carbocycles. The Kier molecular flexibility index (Phi) is 5.37. The predicted molar refractivity (Wildman–Crippen MR) is 135 cm³/mol. The van der Waals surface area contributed by atoms with E-state index in [0.717, 1.165) is 46.5 Å². The highest BCUT2D eigenvalue weighted by atomic mass is 16.5. The van der Waals surface area contributed by atoms with Crippen molar-refractivity contribution < 1.29 is 4.74 Å². The normalized spacial score (nSPS) is 21.3. The van der Waals surface area contributed by atoms with Crippen LogP contribution in [-0.4, -0.2) is 64.7 Å². The standard InChI is InChI=1S/C26H33N7O/c1-16-12-29-25(30-24(16)19-15-32(4)21-9-7-6-8-18(19)21)26(28)11-20(27)22(34-5)10-23(26)33-13-17(14-33)31(2)3/h6-10,12,15,17H,11,13-14,27-28H2,1-5H3. The zero-order chi connectivity index (χ0) is 24.2. The first-order chi connectivity index (χ1) is 16.2. The largest absolute Gasteiger partial charge is 0.495 e. The average molecular weight is 460 g/mol. The van der Waals surface area contributed by atoms with Gasteiger partial charge in [-0.2, -0.15) is 0 Å². The number of likely N-dealkylation sites (N-methyl/N-ethyl adjacent to an activating group) is 1. The molecule has 2 aliphatic rings. The third-order valence-corrected chi connectivity index (χ3v) is 7.19. The van der Waals surface area contributed by atoms with Crippen LogP contribution in [0.2, 0.25) is 0 Å². The summed E-state index contributed by atoms with van der Waals surface area (Å²) in [6, 6.07) is 8.83. The molecule has 0 amide bonds. The molecule has 1 atom stereocenters. The summed E-state index contributed by atoms with van der Waals surface area (Å²) in [5, 5.41) is 1.15. The van der Waals surface area contributed by atoms with Gasteiger partial charge < -0.3 is 30.6 Å². The van der Waals surface area contributed by atoms with Crippen molar-refractivity contribution in [2.45, 2.75) is 24.9 Å². The van der Waals surface area contributed by atoms with Gasteiger partial charge in [-0.3, -0.25) is 0 Å². The van der Waals surface area contributed by atoms with Gasteiger partial charge in [0.25, 0.3) is 0 Å². The molecule has 0 spiro atoms. The zero-order valence-electron chi connectivity index (χ0n) is 20.5. The number of nitrogens with zero attached hydrogens (tertiary/aromatic N) is 5. The van der Waals surface area contributed by atoms with E-state index in [0.29, 0.717) is 29.7 Å². The zero-order valence-corrected chi connectivity index (χ0v) is 20.5. The van der Waals surface area contributed by atoms with E-state index >= 15 is 0 Å². The summed E-state index contributed by atoms with van der Waals surface area (Å²) in [5.74, 6) is 1.23. The van der Waals surface area contributed by atoms with Crippen LogP contribution in [-0.2, 0) is 17.3 Å². The Labute approximate surface area is 200 Å². The third-order valence-electron chi connectivity index (χ3n) is 7.19. The minimum Gasteiger partial charge on any atom is -0.495 e. The first-order valence-electron chi connectivity index (χ1n) is 11.6. The maximum absolute atomic E-state index is 7.16. The Balaban J connectivity index is 1.61. The number of aryl methyl sites for hydroxylation is 2. The summed E-state index contributed by atoms with van der Waals surface area (Å²) in [6.45, 7) is 3.81. The maximum Gasteiger partial charge on any atom is 0.155 e. The van der Waals surface area contributed by atoms with Gasteiger partial charge in [0.05, 0.1) is 18.5 Å². The van der Waals surface area contributed by atoms with Crippen LogP contribution < -0.4 is 11.5 Å². The molecule has 1 aliphatic heterocycles. The van der Waals surface area contributed by atoms with Crippen LogP contribution in [0.1, 0.15) is 17.8 Å². The number of likely N-dealkylation sites (tertiary alicyclic amines) is 1. The van der Waals surface area contributed by atoms with Crippen molar-refractivity contribution in [3.05, 3.63) is 71.3 Å². The molecule has 5 rings (SSSR count). The van der Waals surface area contributed by atoms with Crippen LogP contribution in [0.4, 0.5) is 0 Å². The van der Waals surface area contributed by atoms with Crippen LogP contribution in [0.3, 0.4) is 0 Å². The van der Waals surface area contributed by atoms with E-state index in [4.69, 9.17) is 26.2 Å². The molecule has 1 saturated heterocycles. The second-order valence-corrected chi connectivity index (χ2v) is 9.69. The van der Waals surface area contributed by atoms with E-state index in [1.807, 2.05) is 19.2 Å². The fourth-order valence-electron chi connectivity index (χ4n) is 5.02. The van der Waals surface area contributed by atoms with Gasteiger partial charge in [-0.15, -0.1) is 0 Å². The molecule has 1 aromatic carbocycles. The van der Waals surface area contributed by atoms with Gasteiger partial charge in [0.1, 0.15) is 11.3 Å². The molecule has 1 unspecified atom stereocenters. The second-order valence-electron chi connectivity index (χ2n) is 9.69. The first kappa shape index (κ1) is 22.4. The second kappa shape index (κ2) is 8.14. The number of nitrogens with two attached hydrogens (primary N) is 2. The number of methoxy groups -OCH3 is 1. The van der Waals surface area contributed by atoms with Crippen LogP contribution in [0.5, 0.6) is 0 Å². The van der Waals surface area contributed by atoms with E-state index in [-0.39, 0.29) is 0 Å². The van der Waals surface area contributed by atoms with Gasteiger partial charge in [0.2, 0.25) is 0 Å². The van der Waals surface area contributed by atoms with Crippen molar-refractivity contribution in [3.8, 4) is 11.3 Å². The molecule has 2 aromatic heterocycles. The Bertz CT molecular complexity index is 1320. The first-order valence-corrected chi connectivity index (χ1v) is 11.6. The topological polar surface area (TPSA) is 98.5 Å². The Hall–Kier alpha value is -3.36. The summed E-state index contributed by atoms with van der Waals surface area (Å²) < 4.78 is 7.69. The summed E-state index contributed by atoms with van der Waals surface area (Å²) in [5.41, 5.74) is 18.3. The van der Waals surface area contributed by atoms with Gasteiger partial charge in [0.15, 0.2) is 5.82 Å². The molecule has 8 nitrogen and oxygen atoms in total. The molecule has 4 N–H and O–H groups in total. The molecular weight excluding hydrogens is 426 g/mol. The molecule has 3 heterocycles. The summed E-state index contributed by atoms with van der Waals surface area (Å²) in [7, 11) is 7.90. The monoisotopic (exact) mass is 459 g/mol. The molecule has 34 heavy (non-hydrogen) atoms. The quantitative estimate of drug-likeness (QED) is 0.605. The minimum atomic E-state index is -0.948. The van der Waals surface area contributed by atoms with Crippen molar-refractivity contribution in [3.63, 3.8) is 0 Å². The van der Waals surface area contributed by atoms with Crippen molar-refractivity contribution in [2.24, 2.45) is 18.5 Å². The van der Waals surface area contributed by atoms with Crippen molar-refractivity contribution >= 4 is 10.9 Å². The van der Waals surface area contributed by atoms with Crippen molar-refractivity contribution in [1.29, 1.82) is 0 Å². The lowest BCUT2D eigenvalue weighted by Crippen LogP contribution is -2.61. The lowest BCUT2D eigenvalue weighted by atomic mass is 9.82. The summed E-state index contributed by atoms with van der Waals surface area (Å²) >= 11 is 0. The van der Waals surface area contributed by atoms with Gasteiger partial charge in [-0.05, 0) is 32.6 Å². The van der Waals surface area contributed by atoms with Crippen molar-refractivity contribution in [1.82, 2.24) is 24.3 Å². The lowest BCUT2D eigenvalue weighted by molar-refractivity contribution is 0.0755. The Morgan fingerprint density at radius 2 is 1.94 bits per heavy atom. The van der Waals surface area contributed by atoms with E-state index < -0.39 is 5.54 Å². The highest BCUT2D eigenvalue weighted by molar-refractivity contribution is 5.95. The van der Waals surface area contributed by atoms with Gasteiger partial charge in [-0.1, -0.05) is 18.2 Å². The lowest BCUT2D eigenvalue weighted by Gasteiger charge is -2.50. The molecule has 0 bridgehead atoms. The molecule has 0 radical (unpaired) electrons. The smallest absolute Gasteiger partial charge is 0.155 e. The molecule has 3 aromatic rings. The predicted octanol–water partition coefficient (Wildman–Crippen LogP) is 2.45. The molecule has 178 valence electrons. The number of fused-ring (bicyclic) bond motifs is 1. The van der Waals surface area contributed by atoms with Crippen LogP contribution in [0, 0.1) is 6.92 Å². The molecule has 8 heteroatoms. The number of benzene rings is 1. The number of rotatable bonds is 5. The Morgan fingerprint density at radius 3 is 2.65 bits per heavy atom. The fourth-order valence-corrected chi connectivity index (χ4v) is 5.02. The number of aromatic nitrogens is 3. The maximum atomic E-state index is 7.16. The van der Waals surface area contributed by atoms with E-state index in [2.05, 4.69) is 66.0 Å². The number of ether oxygens (including phenoxy) is 1. The minimum absolute atomic E-state index is 0.392. The molecule has 1 fully saturated rings. The van der Waals surface area contributed by atoms with Gasteiger partial charge in [-0.25, -0.2) is 9.97 Å². The number of hydrogen-bond donors (Lipinski definition) is 2.